The average molecular weight is 454 g/mol. The Labute approximate surface area is 194 Å². The van der Waals surface area contributed by atoms with Crippen LogP contribution in [0.15, 0.2) is 51.6 Å². The summed E-state index contributed by atoms with van der Waals surface area (Å²) in [5.74, 6) is 0.675. The Morgan fingerprint density at radius 3 is 2.56 bits per heavy atom. The number of amidine groups is 1. The molecule has 2 heterocycles. The molecule has 0 bridgehead atoms. The van der Waals surface area contributed by atoms with E-state index in [1.165, 1.54) is 37.3 Å². The molecule has 170 valence electrons. The van der Waals surface area contributed by atoms with Crippen LogP contribution in [0.3, 0.4) is 0 Å². The second-order valence-corrected chi connectivity index (χ2v) is 9.68. The number of thioether (sulfide) groups is 1. The zero-order valence-corrected chi connectivity index (χ0v) is 20.0. The van der Waals surface area contributed by atoms with Crippen molar-refractivity contribution in [3.63, 3.8) is 0 Å². The maximum Gasteiger partial charge on any atom is 0.338 e. The predicted molar refractivity (Wildman–Crippen MR) is 128 cm³/mol. The molecule has 1 fully saturated rings. The SMILES string of the molecule is CCC1=C(C(=O)OC)C(c2ccc(C(C)C)cc2)N2C(CC(=O)NCC3CC3)=CSC2=N1. The monoisotopic (exact) mass is 453 g/mol. The number of carbonyl (C=O) groups is 2. The molecule has 2 aliphatic heterocycles. The number of amides is 1. The van der Waals surface area contributed by atoms with Crippen LogP contribution in [0.4, 0.5) is 0 Å². The molecule has 1 saturated carbocycles. The highest BCUT2D eigenvalue weighted by Crippen LogP contribution is 2.45. The van der Waals surface area contributed by atoms with E-state index in [1.807, 2.05) is 17.2 Å². The number of nitrogens with zero attached hydrogens (tertiary/aromatic N) is 2. The molecule has 32 heavy (non-hydrogen) atoms. The summed E-state index contributed by atoms with van der Waals surface area (Å²) in [6, 6.07) is 8.00. The third kappa shape index (κ3) is 4.63. The Hall–Kier alpha value is -2.54. The second kappa shape index (κ2) is 9.53. The van der Waals surface area contributed by atoms with Gasteiger partial charge in [0.2, 0.25) is 5.91 Å². The van der Waals surface area contributed by atoms with Gasteiger partial charge in [0.1, 0.15) is 0 Å². The lowest BCUT2D eigenvalue weighted by Gasteiger charge is -2.36. The summed E-state index contributed by atoms with van der Waals surface area (Å²) in [4.78, 5) is 32.4. The smallest absolute Gasteiger partial charge is 0.338 e. The van der Waals surface area contributed by atoms with Crippen molar-refractivity contribution in [2.75, 3.05) is 13.7 Å². The van der Waals surface area contributed by atoms with E-state index in [-0.39, 0.29) is 24.3 Å². The minimum Gasteiger partial charge on any atom is -0.466 e. The first-order chi connectivity index (χ1) is 15.4. The molecule has 0 radical (unpaired) electrons. The molecule has 1 atom stereocenters. The van der Waals surface area contributed by atoms with Gasteiger partial charge in [0.25, 0.3) is 0 Å². The van der Waals surface area contributed by atoms with E-state index in [9.17, 15) is 9.59 Å². The van der Waals surface area contributed by atoms with Crippen LogP contribution in [0.5, 0.6) is 0 Å². The van der Waals surface area contributed by atoms with E-state index in [4.69, 9.17) is 9.73 Å². The number of methoxy groups -OCH3 is 1. The van der Waals surface area contributed by atoms with E-state index in [2.05, 4.69) is 43.4 Å². The van der Waals surface area contributed by atoms with Crippen LogP contribution in [-0.2, 0) is 14.3 Å². The van der Waals surface area contributed by atoms with Crippen LogP contribution in [0.2, 0.25) is 0 Å². The number of nitrogens with one attached hydrogen (secondary N) is 1. The van der Waals surface area contributed by atoms with Gasteiger partial charge in [-0.1, -0.05) is 56.8 Å². The zero-order chi connectivity index (χ0) is 22.8. The van der Waals surface area contributed by atoms with Crippen LogP contribution in [-0.4, -0.2) is 35.6 Å². The molecular weight excluding hydrogens is 422 g/mol. The lowest BCUT2D eigenvalue weighted by atomic mass is 9.91. The van der Waals surface area contributed by atoms with Crippen molar-refractivity contribution in [1.82, 2.24) is 10.2 Å². The number of hydrogen-bond acceptors (Lipinski definition) is 6. The Bertz CT molecular complexity index is 990. The minimum absolute atomic E-state index is 0.00351. The Balaban J connectivity index is 1.69. The summed E-state index contributed by atoms with van der Waals surface area (Å²) in [7, 11) is 1.40. The molecule has 1 unspecified atom stereocenters. The Morgan fingerprint density at radius 1 is 1.25 bits per heavy atom. The number of benzene rings is 1. The van der Waals surface area contributed by atoms with Crippen molar-refractivity contribution in [3.05, 3.63) is 57.8 Å². The number of rotatable bonds is 8. The number of fused-ring (bicyclic) bond motifs is 1. The van der Waals surface area contributed by atoms with Crippen molar-refractivity contribution in [1.29, 1.82) is 0 Å². The van der Waals surface area contributed by atoms with Crippen LogP contribution < -0.4 is 5.32 Å². The molecule has 0 spiro atoms. The second-order valence-electron chi connectivity index (χ2n) is 8.85. The van der Waals surface area contributed by atoms with Crippen LogP contribution >= 0.6 is 11.8 Å². The standard InChI is InChI=1S/C25H31N3O3S/c1-5-20-22(24(30)31-4)23(18-10-8-17(9-11-18)15(2)3)28-19(14-32-25(28)27-20)12-21(29)26-13-16-6-7-16/h8-11,14-16,23H,5-7,12-13H2,1-4H3,(H,26,29). The molecule has 1 amide bonds. The third-order valence-electron chi connectivity index (χ3n) is 6.17. The van der Waals surface area contributed by atoms with Gasteiger partial charge in [-0.3, -0.25) is 4.79 Å². The maximum absolute atomic E-state index is 12.9. The van der Waals surface area contributed by atoms with Crippen molar-refractivity contribution in [2.45, 2.75) is 58.4 Å². The first-order valence-electron chi connectivity index (χ1n) is 11.3. The van der Waals surface area contributed by atoms with Gasteiger partial charge in [-0.2, -0.15) is 0 Å². The summed E-state index contributed by atoms with van der Waals surface area (Å²) in [6.45, 7) is 7.06. The molecule has 4 rings (SSSR count). The molecule has 7 heteroatoms. The van der Waals surface area contributed by atoms with Gasteiger partial charge in [0, 0.05) is 12.2 Å². The Kier molecular flexibility index (Phi) is 6.74. The Morgan fingerprint density at radius 2 is 1.97 bits per heavy atom. The van der Waals surface area contributed by atoms with E-state index in [0.29, 0.717) is 23.8 Å². The average Bonchev–Trinajstić information content (AvgIpc) is 3.56. The zero-order valence-electron chi connectivity index (χ0n) is 19.2. The summed E-state index contributed by atoms with van der Waals surface area (Å²) in [5.41, 5.74) is 4.37. The number of hydrogen-bond donors (Lipinski definition) is 1. The quantitative estimate of drug-likeness (QED) is 0.569. The molecule has 6 nitrogen and oxygen atoms in total. The van der Waals surface area contributed by atoms with Crippen LogP contribution in [0.25, 0.3) is 0 Å². The highest BCUT2D eigenvalue weighted by Gasteiger charge is 2.41. The molecule has 0 aromatic heterocycles. The van der Waals surface area contributed by atoms with Gasteiger partial charge in [0.05, 0.1) is 30.8 Å². The van der Waals surface area contributed by atoms with Crippen molar-refractivity contribution in [2.24, 2.45) is 10.9 Å². The number of carbonyl (C=O) groups excluding carboxylic acids is 2. The first kappa shape index (κ1) is 22.6. The van der Waals surface area contributed by atoms with Gasteiger partial charge in [0.15, 0.2) is 5.17 Å². The summed E-state index contributed by atoms with van der Waals surface area (Å²) in [5, 5.41) is 5.84. The van der Waals surface area contributed by atoms with E-state index in [1.54, 1.807) is 0 Å². The molecule has 1 aliphatic carbocycles. The highest BCUT2D eigenvalue weighted by molar-refractivity contribution is 8.16. The van der Waals surface area contributed by atoms with E-state index >= 15 is 0 Å². The first-order valence-corrected chi connectivity index (χ1v) is 12.2. The van der Waals surface area contributed by atoms with E-state index < -0.39 is 0 Å². The van der Waals surface area contributed by atoms with Gasteiger partial charge < -0.3 is 15.0 Å². The fourth-order valence-corrected chi connectivity index (χ4v) is 5.04. The fourth-order valence-electron chi connectivity index (χ4n) is 4.10. The van der Waals surface area contributed by atoms with Crippen molar-refractivity contribution in [3.8, 4) is 0 Å². The summed E-state index contributed by atoms with van der Waals surface area (Å²) >= 11 is 1.51. The molecule has 1 N–H and O–H groups in total. The number of ether oxygens (including phenoxy) is 1. The lowest BCUT2D eigenvalue weighted by molar-refractivity contribution is -0.136. The van der Waals surface area contributed by atoms with Crippen molar-refractivity contribution >= 4 is 28.8 Å². The lowest BCUT2D eigenvalue weighted by Crippen LogP contribution is -2.38. The van der Waals surface area contributed by atoms with Gasteiger partial charge in [-0.15, -0.1) is 0 Å². The molecule has 1 aromatic rings. The molecule has 3 aliphatic rings. The van der Waals surface area contributed by atoms with Gasteiger partial charge >= 0.3 is 5.97 Å². The molecule has 0 saturated heterocycles. The summed E-state index contributed by atoms with van der Waals surface area (Å²) in [6.07, 6.45) is 3.28. The predicted octanol–water partition coefficient (Wildman–Crippen LogP) is 4.86. The van der Waals surface area contributed by atoms with Gasteiger partial charge in [-0.25, -0.2) is 9.79 Å². The fraction of sp³-hybridized carbons (Fsp3) is 0.480. The van der Waals surface area contributed by atoms with Crippen LogP contribution in [0, 0.1) is 5.92 Å². The van der Waals surface area contributed by atoms with E-state index in [0.717, 1.165) is 28.7 Å². The van der Waals surface area contributed by atoms with Gasteiger partial charge in [-0.05, 0) is 47.6 Å². The number of aliphatic imine (C=N–C) groups is 1. The largest absolute Gasteiger partial charge is 0.466 e. The summed E-state index contributed by atoms with van der Waals surface area (Å²) < 4.78 is 5.17. The number of esters is 1. The van der Waals surface area contributed by atoms with Crippen LogP contribution in [0.1, 0.15) is 69.5 Å². The van der Waals surface area contributed by atoms with Crippen molar-refractivity contribution < 1.29 is 14.3 Å². The maximum atomic E-state index is 12.9. The topological polar surface area (TPSA) is 71.0 Å². The molecule has 1 aromatic carbocycles. The number of allylic oxidation sites excluding steroid dienone is 1. The highest BCUT2D eigenvalue weighted by atomic mass is 32.2. The normalized spacial score (nSPS) is 20.2. The third-order valence-corrected chi connectivity index (χ3v) is 7.06. The molecular formula is C25H31N3O3S. The minimum atomic E-state index is -0.378.